The first-order chi connectivity index (χ1) is 11.0. The third-order valence-electron chi connectivity index (χ3n) is 5.90. The van der Waals surface area contributed by atoms with E-state index in [1.54, 1.807) is 12.1 Å². The summed E-state index contributed by atoms with van der Waals surface area (Å²) in [5.41, 5.74) is 6.88. The van der Waals surface area contributed by atoms with Crippen molar-refractivity contribution in [1.29, 1.82) is 0 Å². The number of hydrogen-bond acceptors (Lipinski definition) is 4. The molecule has 5 nitrogen and oxygen atoms in total. The number of carbonyl (C=O) groups is 1. The molecule has 1 unspecified atom stereocenters. The average molecular weight is 336 g/mol. The fraction of sp³-hybridized carbons (Fsp3) is 0.588. The Hall–Kier alpha value is -1.46. The Labute approximate surface area is 141 Å². The Balaban J connectivity index is 1.47. The average Bonchev–Trinajstić information content (AvgIpc) is 2.69. The zero-order chi connectivity index (χ0) is 16.2. The zero-order valence-electron chi connectivity index (χ0n) is 13.3. The lowest BCUT2D eigenvalue weighted by molar-refractivity contribution is 0.0467. The van der Waals surface area contributed by atoms with Crippen molar-refractivity contribution in [3.8, 4) is 5.75 Å². The van der Waals surface area contributed by atoms with E-state index >= 15 is 0 Å². The minimum atomic E-state index is -0.144. The van der Waals surface area contributed by atoms with Gasteiger partial charge in [0.2, 0.25) is 0 Å². The van der Waals surface area contributed by atoms with Crippen LogP contribution in [0.5, 0.6) is 5.75 Å². The van der Waals surface area contributed by atoms with Crippen LogP contribution >= 0.6 is 11.6 Å². The van der Waals surface area contributed by atoms with Gasteiger partial charge < -0.3 is 15.8 Å². The predicted octanol–water partition coefficient (Wildman–Crippen LogP) is 2.14. The van der Waals surface area contributed by atoms with Gasteiger partial charge in [0.1, 0.15) is 5.75 Å². The van der Waals surface area contributed by atoms with Gasteiger partial charge in [-0.05, 0) is 31.2 Å². The van der Waals surface area contributed by atoms with Gasteiger partial charge in [-0.2, -0.15) is 0 Å². The van der Waals surface area contributed by atoms with Gasteiger partial charge in [-0.25, -0.2) is 0 Å². The summed E-state index contributed by atoms with van der Waals surface area (Å²) in [6, 6.07) is 3.95. The molecule has 2 bridgehead atoms. The van der Waals surface area contributed by atoms with Gasteiger partial charge in [0.25, 0.3) is 5.91 Å². The van der Waals surface area contributed by atoms with Crippen molar-refractivity contribution in [2.75, 3.05) is 32.5 Å². The lowest BCUT2D eigenvalue weighted by Crippen LogP contribution is -2.51. The number of nitrogens with two attached hydrogens (primary N) is 1. The summed E-state index contributed by atoms with van der Waals surface area (Å²) in [6.45, 7) is 3.09. The molecule has 0 aromatic heterocycles. The largest absolute Gasteiger partial charge is 0.496 e. The summed E-state index contributed by atoms with van der Waals surface area (Å²) in [5, 5.41) is 3.48. The maximum atomic E-state index is 12.6. The van der Waals surface area contributed by atoms with E-state index in [1.165, 1.54) is 32.9 Å². The fourth-order valence-corrected chi connectivity index (χ4v) is 4.75. The van der Waals surface area contributed by atoms with Crippen molar-refractivity contribution >= 4 is 23.2 Å². The van der Waals surface area contributed by atoms with Gasteiger partial charge in [0.05, 0.1) is 23.4 Å². The Morgan fingerprint density at radius 3 is 3.17 bits per heavy atom. The second-order valence-corrected chi connectivity index (χ2v) is 7.66. The summed E-state index contributed by atoms with van der Waals surface area (Å²) in [5.74, 6) is 1.22. The molecular formula is C17H22ClN3O2. The summed E-state index contributed by atoms with van der Waals surface area (Å²) < 4.78 is 5.27. The van der Waals surface area contributed by atoms with Crippen molar-refractivity contribution < 1.29 is 9.53 Å². The van der Waals surface area contributed by atoms with Crippen LogP contribution in [0.25, 0.3) is 0 Å². The Kier molecular flexibility index (Phi) is 3.46. The van der Waals surface area contributed by atoms with Crippen LogP contribution < -0.4 is 15.8 Å². The van der Waals surface area contributed by atoms with Crippen LogP contribution in [0.2, 0.25) is 5.02 Å². The summed E-state index contributed by atoms with van der Waals surface area (Å²) in [6.07, 6.45) is 3.73. The summed E-state index contributed by atoms with van der Waals surface area (Å²) >= 11 is 6.05. The number of halogens is 1. The number of nitrogens with one attached hydrogen (secondary N) is 1. The van der Waals surface area contributed by atoms with Crippen molar-refractivity contribution in [3.05, 3.63) is 22.7 Å². The number of rotatable bonds is 4. The van der Waals surface area contributed by atoms with E-state index in [0.717, 1.165) is 25.0 Å². The van der Waals surface area contributed by atoms with Crippen LogP contribution in [0.1, 0.15) is 29.6 Å². The molecule has 1 aliphatic carbocycles. The molecule has 2 aliphatic heterocycles. The van der Waals surface area contributed by atoms with Gasteiger partial charge in [-0.15, -0.1) is 0 Å². The fourth-order valence-electron chi connectivity index (χ4n) is 4.59. The molecule has 3 N–H and O–H groups in total. The normalized spacial score (nSPS) is 31.6. The van der Waals surface area contributed by atoms with Gasteiger partial charge in [-0.3, -0.25) is 9.69 Å². The summed E-state index contributed by atoms with van der Waals surface area (Å²) in [4.78, 5) is 15.2. The van der Waals surface area contributed by atoms with E-state index in [1.807, 2.05) is 0 Å². The number of nitrogen functional groups attached to an aromatic ring is 1. The molecule has 124 valence electrons. The van der Waals surface area contributed by atoms with Gasteiger partial charge >= 0.3 is 0 Å². The van der Waals surface area contributed by atoms with Crippen LogP contribution in [0.15, 0.2) is 12.1 Å². The number of nitrogens with zero attached hydrogens (tertiary/aromatic N) is 1. The number of amides is 1. The van der Waals surface area contributed by atoms with Gasteiger partial charge in [-0.1, -0.05) is 11.6 Å². The van der Waals surface area contributed by atoms with Crippen molar-refractivity contribution in [3.63, 3.8) is 0 Å². The third kappa shape index (κ3) is 2.37. The molecular weight excluding hydrogens is 314 g/mol. The van der Waals surface area contributed by atoms with Crippen molar-refractivity contribution in [2.24, 2.45) is 11.3 Å². The topological polar surface area (TPSA) is 67.6 Å². The van der Waals surface area contributed by atoms with Crippen LogP contribution in [0, 0.1) is 11.3 Å². The molecule has 1 aromatic rings. The molecule has 4 rings (SSSR count). The highest BCUT2D eigenvalue weighted by molar-refractivity contribution is 6.33. The molecule has 0 radical (unpaired) electrons. The maximum Gasteiger partial charge on any atom is 0.255 e. The Bertz CT molecular complexity index is 661. The number of fused-ring (bicyclic) bond motifs is 1. The molecule has 3 fully saturated rings. The quantitative estimate of drug-likeness (QED) is 0.827. The van der Waals surface area contributed by atoms with Gasteiger partial charge in [0.15, 0.2) is 0 Å². The van der Waals surface area contributed by atoms with Crippen LogP contribution in [-0.2, 0) is 0 Å². The van der Waals surface area contributed by atoms with E-state index in [0.29, 0.717) is 22.0 Å². The molecule has 2 saturated heterocycles. The SMILES string of the molecule is COc1cc(N)c(Cl)cc1C(=O)NCC12CC[C@@H]3CN(C1)[C@@H]3C2. The first kappa shape index (κ1) is 15.1. The van der Waals surface area contributed by atoms with E-state index < -0.39 is 0 Å². The van der Waals surface area contributed by atoms with Crippen molar-refractivity contribution in [1.82, 2.24) is 10.2 Å². The van der Waals surface area contributed by atoms with Crippen molar-refractivity contribution in [2.45, 2.75) is 25.3 Å². The molecule has 1 saturated carbocycles. The first-order valence-corrected chi connectivity index (χ1v) is 8.54. The number of hydrogen-bond donors (Lipinski definition) is 2. The Morgan fingerprint density at radius 1 is 1.57 bits per heavy atom. The molecule has 2 heterocycles. The second-order valence-electron chi connectivity index (χ2n) is 7.26. The lowest BCUT2D eigenvalue weighted by atomic mass is 9.70. The monoisotopic (exact) mass is 335 g/mol. The highest BCUT2D eigenvalue weighted by Crippen LogP contribution is 2.53. The van der Waals surface area contributed by atoms with Crippen LogP contribution in [0.3, 0.4) is 0 Å². The number of carbonyl (C=O) groups excluding carboxylic acids is 1. The molecule has 1 amide bonds. The minimum absolute atomic E-state index is 0.144. The highest BCUT2D eigenvalue weighted by atomic mass is 35.5. The molecule has 0 spiro atoms. The second kappa shape index (κ2) is 5.28. The van der Waals surface area contributed by atoms with E-state index in [4.69, 9.17) is 22.1 Å². The summed E-state index contributed by atoms with van der Waals surface area (Å²) in [7, 11) is 1.53. The van der Waals surface area contributed by atoms with Gasteiger partial charge in [0, 0.05) is 37.2 Å². The lowest BCUT2D eigenvalue weighted by Gasteiger charge is -2.45. The first-order valence-electron chi connectivity index (χ1n) is 8.17. The smallest absolute Gasteiger partial charge is 0.255 e. The number of anilines is 1. The number of methoxy groups -OCH3 is 1. The van der Waals surface area contributed by atoms with E-state index in [2.05, 4.69) is 10.2 Å². The highest BCUT2D eigenvalue weighted by Gasteiger charge is 2.56. The predicted molar refractivity (Wildman–Crippen MR) is 89.9 cm³/mol. The Morgan fingerprint density at radius 2 is 2.39 bits per heavy atom. The maximum absolute atomic E-state index is 12.6. The molecule has 23 heavy (non-hydrogen) atoms. The molecule has 6 heteroatoms. The third-order valence-corrected chi connectivity index (χ3v) is 6.22. The van der Waals surface area contributed by atoms with Crippen LogP contribution in [-0.4, -0.2) is 43.6 Å². The number of ether oxygens (including phenoxy) is 1. The number of benzene rings is 1. The molecule has 3 atom stereocenters. The molecule has 1 aromatic carbocycles. The standard InChI is InChI=1S/C17H22ClN3O2/c1-23-15-5-13(19)12(18)4-11(15)16(22)20-8-17-3-2-10-7-21(9-17)14(10)6-17/h4-5,10,14H,2-3,6-9,19H2,1H3,(H,20,22)/t10-,14-,17?/m1/s1. The van der Waals surface area contributed by atoms with E-state index in [9.17, 15) is 4.79 Å². The zero-order valence-corrected chi connectivity index (χ0v) is 14.0. The van der Waals surface area contributed by atoms with E-state index in [-0.39, 0.29) is 11.3 Å². The van der Waals surface area contributed by atoms with Crippen LogP contribution in [0.4, 0.5) is 5.69 Å². The molecule has 3 aliphatic rings. The minimum Gasteiger partial charge on any atom is -0.496 e.